The number of nitrogens with one attached hydrogen (secondary N) is 1. The van der Waals surface area contributed by atoms with Crippen molar-refractivity contribution in [3.8, 4) is 5.75 Å². The van der Waals surface area contributed by atoms with E-state index in [0.717, 1.165) is 0 Å². The van der Waals surface area contributed by atoms with E-state index in [0.29, 0.717) is 31.2 Å². The molecular formula is C15H21N5O3S. The van der Waals surface area contributed by atoms with Crippen LogP contribution in [0.4, 0.5) is 0 Å². The zero-order chi connectivity index (χ0) is 17.2. The minimum atomic E-state index is -3.47. The van der Waals surface area contributed by atoms with Gasteiger partial charge in [-0.05, 0) is 31.2 Å². The van der Waals surface area contributed by atoms with E-state index in [-0.39, 0.29) is 17.5 Å². The number of sulfonamides is 1. The van der Waals surface area contributed by atoms with Crippen LogP contribution in [-0.2, 0) is 23.7 Å². The van der Waals surface area contributed by atoms with Gasteiger partial charge in [-0.15, -0.1) is 0 Å². The molecule has 9 heteroatoms. The third kappa shape index (κ3) is 3.58. The van der Waals surface area contributed by atoms with Crippen LogP contribution >= 0.6 is 0 Å². The minimum Gasteiger partial charge on any atom is -0.486 e. The van der Waals surface area contributed by atoms with Crippen molar-refractivity contribution in [1.29, 1.82) is 0 Å². The fraction of sp³-hybridized carbons (Fsp3) is 0.467. The fourth-order valence-electron chi connectivity index (χ4n) is 2.57. The third-order valence-electron chi connectivity index (χ3n) is 3.97. The van der Waals surface area contributed by atoms with Crippen molar-refractivity contribution in [2.45, 2.75) is 24.5 Å². The lowest BCUT2D eigenvalue weighted by Gasteiger charge is -2.31. The molecule has 0 aliphatic carbocycles. The molecule has 0 saturated carbocycles. The lowest BCUT2D eigenvalue weighted by atomic mass is 10.3. The highest BCUT2D eigenvalue weighted by Gasteiger charge is 2.28. The Morgan fingerprint density at radius 1 is 1.33 bits per heavy atom. The lowest BCUT2D eigenvalue weighted by molar-refractivity contribution is 0.289. The van der Waals surface area contributed by atoms with Gasteiger partial charge in [-0.25, -0.2) is 13.4 Å². The van der Waals surface area contributed by atoms with E-state index >= 15 is 0 Å². The highest BCUT2D eigenvalue weighted by molar-refractivity contribution is 7.89. The van der Waals surface area contributed by atoms with E-state index in [4.69, 9.17) is 4.74 Å². The van der Waals surface area contributed by atoms with Crippen LogP contribution in [0.25, 0.3) is 0 Å². The molecule has 0 bridgehead atoms. The molecule has 3 rings (SSSR count). The van der Waals surface area contributed by atoms with Gasteiger partial charge in [0.05, 0.1) is 4.90 Å². The van der Waals surface area contributed by atoms with Crippen molar-refractivity contribution in [2.75, 3.05) is 19.6 Å². The maximum atomic E-state index is 12.7. The summed E-state index contributed by atoms with van der Waals surface area (Å²) in [7, 11) is -1.68. The van der Waals surface area contributed by atoms with Gasteiger partial charge < -0.3 is 10.1 Å². The normalized spacial score (nSPS) is 19.3. The number of hydrogen-bond acceptors (Lipinski definition) is 6. The number of aryl methyl sites for hydroxylation is 1. The molecule has 8 nitrogen and oxygen atoms in total. The summed E-state index contributed by atoms with van der Waals surface area (Å²) in [6, 6.07) is 6.63. The van der Waals surface area contributed by atoms with Crippen molar-refractivity contribution >= 4 is 10.0 Å². The second-order valence-corrected chi connectivity index (χ2v) is 7.72. The maximum Gasteiger partial charge on any atom is 0.243 e. The molecule has 24 heavy (non-hydrogen) atoms. The summed E-state index contributed by atoms with van der Waals surface area (Å²) in [6.07, 6.45) is 1.46. The van der Waals surface area contributed by atoms with Crippen LogP contribution in [0.1, 0.15) is 12.7 Å². The standard InChI is InChI=1S/C15H21N5O3S/c1-12-9-20(8-7-16-12)24(21,22)14-5-3-13(4-6-14)23-10-15-17-11-18-19(15)2/h3-6,11-12,16H,7-10H2,1-2H3. The number of piperazine rings is 1. The predicted octanol–water partition coefficient (Wildman–Crippen LogP) is 0.377. The lowest BCUT2D eigenvalue weighted by Crippen LogP contribution is -2.51. The largest absolute Gasteiger partial charge is 0.486 e. The van der Waals surface area contributed by atoms with E-state index < -0.39 is 10.0 Å². The summed E-state index contributed by atoms with van der Waals surface area (Å²) >= 11 is 0. The van der Waals surface area contributed by atoms with E-state index in [9.17, 15) is 8.42 Å². The molecule has 1 saturated heterocycles. The Morgan fingerprint density at radius 3 is 2.71 bits per heavy atom. The van der Waals surface area contributed by atoms with Gasteiger partial charge in [-0.3, -0.25) is 4.68 Å². The van der Waals surface area contributed by atoms with Crippen LogP contribution in [0.3, 0.4) is 0 Å². The molecule has 0 amide bonds. The Bertz CT molecular complexity index is 788. The van der Waals surface area contributed by atoms with Crippen LogP contribution in [0.15, 0.2) is 35.5 Å². The van der Waals surface area contributed by atoms with Crippen molar-refractivity contribution in [3.05, 3.63) is 36.4 Å². The highest BCUT2D eigenvalue weighted by Crippen LogP contribution is 2.21. The average Bonchev–Trinajstić information content (AvgIpc) is 2.98. The Morgan fingerprint density at radius 2 is 2.08 bits per heavy atom. The predicted molar refractivity (Wildman–Crippen MR) is 88.0 cm³/mol. The summed E-state index contributed by atoms with van der Waals surface area (Å²) in [5.41, 5.74) is 0. The Balaban J connectivity index is 1.68. The van der Waals surface area contributed by atoms with Gasteiger partial charge >= 0.3 is 0 Å². The summed E-state index contributed by atoms with van der Waals surface area (Å²) in [6.45, 7) is 3.88. The Labute approximate surface area is 141 Å². The quantitative estimate of drug-likeness (QED) is 0.837. The third-order valence-corrected chi connectivity index (χ3v) is 5.85. The molecule has 1 aromatic carbocycles. The van der Waals surface area contributed by atoms with Gasteiger partial charge in [-0.2, -0.15) is 9.40 Å². The molecule has 1 aliphatic rings. The van der Waals surface area contributed by atoms with Crippen LogP contribution in [0, 0.1) is 0 Å². The van der Waals surface area contributed by atoms with Gasteiger partial charge in [-0.1, -0.05) is 0 Å². The number of aromatic nitrogens is 3. The molecular weight excluding hydrogens is 330 g/mol. The molecule has 0 spiro atoms. The SMILES string of the molecule is CC1CN(S(=O)(=O)c2ccc(OCc3ncnn3C)cc2)CCN1. The van der Waals surface area contributed by atoms with Crippen molar-refractivity contribution in [2.24, 2.45) is 7.05 Å². The van der Waals surface area contributed by atoms with Crippen LogP contribution in [-0.4, -0.2) is 53.2 Å². The van der Waals surface area contributed by atoms with E-state index in [1.165, 1.54) is 10.6 Å². The first-order valence-electron chi connectivity index (χ1n) is 7.76. The molecule has 2 heterocycles. The van der Waals surface area contributed by atoms with E-state index in [1.54, 1.807) is 36.0 Å². The fourth-order valence-corrected chi connectivity index (χ4v) is 4.10. The van der Waals surface area contributed by atoms with Gasteiger partial charge in [0.2, 0.25) is 10.0 Å². The second-order valence-electron chi connectivity index (χ2n) is 5.78. The molecule has 1 aromatic heterocycles. The average molecular weight is 351 g/mol. The molecule has 1 unspecified atom stereocenters. The Kier molecular flexibility index (Phi) is 4.83. The monoisotopic (exact) mass is 351 g/mol. The highest BCUT2D eigenvalue weighted by atomic mass is 32.2. The summed E-state index contributed by atoms with van der Waals surface area (Å²) in [5, 5.41) is 7.21. The van der Waals surface area contributed by atoms with Crippen LogP contribution in [0.5, 0.6) is 5.75 Å². The zero-order valence-electron chi connectivity index (χ0n) is 13.7. The summed E-state index contributed by atoms with van der Waals surface area (Å²) in [4.78, 5) is 4.35. The molecule has 1 atom stereocenters. The van der Waals surface area contributed by atoms with Crippen molar-refractivity contribution in [1.82, 2.24) is 24.4 Å². The van der Waals surface area contributed by atoms with Gasteiger partial charge in [0.25, 0.3) is 0 Å². The van der Waals surface area contributed by atoms with Crippen molar-refractivity contribution in [3.63, 3.8) is 0 Å². The van der Waals surface area contributed by atoms with Gasteiger partial charge in [0.1, 0.15) is 18.7 Å². The number of ether oxygens (including phenoxy) is 1. The minimum absolute atomic E-state index is 0.155. The second kappa shape index (κ2) is 6.88. The van der Waals surface area contributed by atoms with Gasteiger partial charge in [0, 0.05) is 32.7 Å². The molecule has 1 aliphatic heterocycles. The summed E-state index contributed by atoms with van der Waals surface area (Å²) < 4.78 is 34.1. The Hall–Kier alpha value is -1.97. The summed E-state index contributed by atoms with van der Waals surface area (Å²) in [5.74, 6) is 1.28. The number of nitrogens with zero attached hydrogens (tertiary/aromatic N) is 4. The first kappa shape index (κ1) is 16.9. The van der Waals surface area contributed by atoms with E-state index in [2.05, 4.69) is 15.4 Å². The molecule has 0 radical (unpaired) electrons. The topological polar surface area (TPSA) is 89.3 Å². The number of benzene rings is 1. The van der Waals surface area contributed by atoms with Crippen molar-refractivity contribution < 1.29 is 13.2 Å². The first-order valence-corrected chi connectivity index (χ1v) is 9.20. The molecule has 2 aromatic rings. The number of rotatable bonds is 5. The molecule has 1 N–H and O–H groups in total. The zero-order valence-corrected chi connectivity index (χ0v) is 14.5. The van der Waals surface area contributed by atoms with Crippen LogP contribution in [0.2, 0.25) is 0 Å². The maximum absolute atomic E-state index is 12.7. The molecule has 130 valence electrons. The number of hydrogen-bond donors (Lipinski definition) is 1. The smallest absolute Gasteiger partial charge is 0.243 e. The van der Waals surface area contributed by atoms with Crippen LogP contribution < -0.4 is 10.1 Å². The van der Waals surface area contributed by atoms with Gasteiger partial charge in [0.15, 0.2) is 5.82 Å². The van der Waals surface area contributed by atoms with E-state index in [1.807, 2.05) is 6.92 Å². The molecule has 1 fully saturated rings. The first-order chi connectivity index (χ1) is 11.5.